The standard InChI is InChI=1S/C17H19NO5S2/c1-17(24-9-2-10-25-17)15(21)11-3-5-12(6-4-11)16(22)23-18-13(19)7-8-14(18)20/h3-8,15,19-21H,2,9-10H2,1H3. The van der Waals surface area contributed by atoms with Gasteiger partial charge in [0.1, 0.15) is 6.10 Å². The van der Waals surface area contributed by atoms with E-state index in [4.69, 9.17) is 4.84 Å². The molecule has 1 unspecified atom stereocenters. The molecule has 1 aliphatic heterocycles. The smallest absolute Gasteiger partial charge is 0.363 e. The number of benzene rings is 1. The van der Waals surface area contributed by atoms with Crippen molar-refractivity contribution in [2.45, 2.75) is 23.5 Å². The molecule has 0 amide bonds. The molecule has 1 atom stereocenters. The van der Waals surface area contributed by atoms with Gasteiger partial charge >= 0.3 is 5.97 Å². The third-order valence-corrected chi connectivity index (χ3v) is 7.28. The number of carbonyl (C=O) groups excluding carboxylic acids is 1. The average molecular weight is 381 g/mol. The molecule has 1 aromatic carbocycles. The van der Waals surface area contributed by atoms with E-state index in [-0.39, 0.29) is 21.4 Å². The average Bonchev–Trinajstić information content (AvgIpc) is 2.94. The summed E-state index contributed by atoms with van der Waals surface area (Å²) >= 11 is 3.49. The summed E-state index contributed by atoms with van der Waals surface area (Å²) in [4.78, 5) is 17.1. The van der Waals surface area contributed by atoms with Crippen LogP contribution in [0.1, 0.15) is 35.4 Å². The van der Waals surface area contributed by atoms with Gasteiger partial charge in [0.05, 0.1) is 9.64 Å². The summed E-state index contributed by atoms with van der Waals surface area (Å²) in [5, 5.41) is 29.7. The minimum absolute atomic E-state index is 0.248. The minimum Gasteiger partial charge on any atom is -0.492 e. The molecule has 0 bridgehead atoms. The fourth-order valence-electron chi connectivity index (χ4n) is 2.54. The lowest BCUT2D eigenvalue weighted by Gasteiger charge is -2.36. The van der Waals surface area contributed by atoms with Crippen LogP contribution < -0.4 is 4.84 Å². The molecule has 2 heterocycles. The van der Waals surface area contributed by atoms with Crippen molar-refractivity contribution in [1.82, 2.24) is 4.73 Å². The number of hydrogen-bond donors (Lipinski definition) is 3. The zero-order valence-corrected chi connectivity index (χ0v) is 15.2. The number of nitrogens with zero attached hydrogens (tertiary/aromatic N) is 1. The van der Waals surface area contributed by atoms with Crippen LogP contribution >= 0.6 is 23.5 Å². The Balaban J connectivity index is 1.72. The quantitative estimate of drug-likeness (QED) is 0.750. The molecule has 3 N–H and O–H groups in total. The van der Waals surface area contributed by atoms with E-state index in [1.165, 1.54) is 12.1 Å². The Hall–Kier alpha value is -1.77. The number of aliphatic hydroxyl groups excluding tert-OH is 1. The SMILES string of the molecule is CC1(C(O)c2ccc(C(=O)On3c(O)ccc3O)cc2)SCCCS1. The molecule has 8 heteroatoms. The molecule has 1 fully saturated rings. The predicted molar refractivity (Wildman–Crippen MR) is 98.0 cm³/mol. The molecule has 1 aliphatic rings. The first kappa shape index (κ1) is 18.0. The van der Waals surface area contributed by atoms with E-state index < -0.39 is 12.1 Å². The Morgan fingerprint density at radius 3 is 2.24 bits per heavy atom. The van der Waals surface area contributed by atoms with Gasteiger partial charge in [0.15, 0.2) is 0 Å². The maximum Gasteiger partial charge on any atom is 0.363 e. The second-order valence-electron chi connectivity index (χ2n) is 5.81. The van der Waals surface area contributed by atoms with Gasteiger partial charge in [-0.25, -0.2) is 4.79 Å². The van der Waals surface area contributed by atoms with Crippen LogP contribution in [-0.4, -0.2) is 41.6 Å². The van der Waals surface area contributed by atoms with Gasteiger partial charge in [-0.1, -0.05) is 12.1 Å². The summed E-state index contributed by atoms with van der Waals surface area (Å²) in [6.45, 7) is 2.03. The van der Waals surface area contributed by atoms with Crippen LogP contribution in [0, 0.1) is 0 Å². The molecule has 0 saturated carbocycles. The fraction of sp³-hybridized carbons (Fsp3) is 0.353. The topological polar surface area (TPSA) is 91.9 Å². The zero-order chi connectivity index (χ0) is 18.0. The normalized spacial score (nSPS) is 17.8. The van der Waals surface area contributed by atoms with Crippen LogP contribution in [0.5, 0.6) is 11.8 Å². The van der Waals surface area contributed by atoms with Crippen molar-refractivity contribution >= 4 is 29.5 Å². The number of aromatic hydroxyl groups is 2. The van der Waals surface area contributed by atoms with Gasteiger partial charge in [0.2, 0.25) is 11.8 Å². The van der Waals surface area contributed by atoms with E-state index in [9.17, 15) is 20.1 Å². The molecule has 3 rings (SSSR count). The van der Waals surface area contributed by atoms with Crippen molar-refractivity contribution in [1.29, 1.82) is 0 Å². The highest BCUT2D eigenvalue weighted by Gasteiger charge is 2.37. The molecule has 0 aliphatic carbocycles. The zero-order valence-electron chi connectivity index (χ0n) is 13.6. The summed E-state index contributed by atoms with van der Waals surface area (Å²) in [5.41, 5.74) is 0.977. The third-order valence-electron chi connectivity index (χ3n) is 4.00. The first-order chi connectivity index (χ1) is 11.9. The maximum atomic E-state index is 12.1. The lowest BCUT2D eigenvalue weighted by atomic mass is 10.0. The maximum absolute atomic E-state index is 12.1. The number of hydrogen-bond acceptors (Lipinski definition) is 7. The van der Waals surface area contributed by atoms with Gasteiger partial charge in [0, 0.05) is 12.1 Å². The Kier molecular flexibility index (Phi) is 5.21. The summed E-state index contributed by atoms with van der Waals surface area (Å²) in [7, 11) is 0. The molecule has 134 valence electrons. The number of carbonyl (C=O) groups is 1. The summed E-state index contributed by atoms with van der Waals surface area (Å²) in [5.74, 6) is 0.564. The van der Waals surface area contributed by atoms with Gasteiger partial charge < -0.3 is 20.2 Å². The minimum atomic E-state index is -0.726. The molecular weight excluding hydrogens is 362 g/mol. The Bertz CT molecular complexity index is 733. The fourth-order valence-corrected chi connectivity index (χ4v) is 5.54. The van der Waals surface area contributed by atoms with E-state index in [0.29, 0.717) is 4.73 Å². The van der Waals surface area contributed by atoms with E-state index in [2.05, 4.69) is 0 Å². The number of aliphatic hydroxyl groups is 1. The molecule has 25 heavy (non-hydrogen) atoms. The van der Waals surface area contributed by atoms with E-state index in [0.717, 1.165) is 23.5 Å². The molecule has 0 radical (unpaired) electrons. The number of thioether (sulfide) groups is 2. The van der Waals surface area contributed by atoms with Crippen molar-refractivity contribution in [3.05, 3.63) is 47.5 Å². The van der Waals surface area contributed by atoms with E-state index in [1.54, 1.807) is 47.8 Å². The summed E-state index contributed by atoms with van der Waals surface area (Å²) in [6, 6.07) is 8.92. The van der Waals surface area contributed by atoms with Gasteiger partial charge in [-0.3, -0.25) is 0 Å². The first-order valence-corrected chi connectivity index (χ1v) is 9.76. The van der Waals surface area contributed by atoms with Crippen molar-refractivity contribution in [2.75, 3.05) is 11.5 Å². The van der Waals surface area contributed by atoms with Crippen molar-refractivity contribution in [2.24, 2.45) is 0 Å². The van der Waals surface area contributed by atoms with Crippen LogP contribution in [0.4, 0.5) is 0 Å². The molecule has 2 aromatic rings. The third kappa shape index (κ3) is 3.75. The second-order valence-corrected chi connectivity index (χ2v) is 9.16. The van der Waals surface area contributed by atoms with E-state index in [1.807, 2.05) is 6.92 Å². The van der Waals surface area contributed by atoms with Gasteiger partial charge in [-0.05, 0) is 42.5 Å². The van der Waals surface area contributed by atoms with Crippen molar-refractivity contribution in [3.63, 3.8) is 0 Å². The highest BCUT2D eigenvalue weighted by Crippen LogP contribution is 2.49. The lowest BCUT2D eigenvalue weighted by molar-refractivity contribution is 0.0381. The Labute approximate surface area is 153 Å². The van der Waals surface area contributed by atoms with Crippen LogP contribution in [0.15, 0.2) is 36.4 Å². The lowest BCUT2D eigenvalue weighted by Crippen LogP contribution is -2.29. The van der Waals surface area contributed by atoms with Gasteiger partial charge in [-0.15, -0.1) is 28.3 Å². The van der Waals surface area contributed by atoms with Crippen LogP contribution in [-0.2, 0) is 0 Å². The van der Waals surface area contributed by atoms with Gasteiger partial charge in [-0.2, -0.15) is 0 Å². The Morgan fingerprint density at radius 2 is 1.68 bits per heavy atom. The highest BCUT2D eigenvalue weighted by atomic mass is 32.2. The van der Waals surface area contributed by atoms with E-state index >= 15 is 0 Å². The first-order valence-electron chi connectivity index (χ1n) is 7.79. The largest absolute Gasteiger partial charge is 0.492 e. The monoisotopic (exact) mass is 381 g/mol. The number of rotatable bonds is 4. The molecule has 0 spiro atoms. The molecule has 1 saturated heterocycles. The predicted octanol–water partition coefficient (Wildman–Crippen LogP) is 2.79. The second kappa shape index (κ2) is 7.23. The summed E-state index contributed by atoms with van der Waals surface area (Å²) in [6.07, 6.45) is 0.493. The summed E-state index contributed by atoms with van der Waals surface area (Å²) < 4.78 is 0.338. The van der Waals surface area contributed by atoms with Crippen LogP contribution in [0.3, 0.4) is 0 Å². The van der Waals surface area contributed by atoms with Crippen LogP contribution in [0.25, 0.3) is 0 Å². The Morgan fingerprint density at radius 1 is 1.12 bits per heavy atom. The van der Waals surface area contributed by atoms with Crippen molar-refractivity contribution < 1.29 is 25.0 Å². The number of aromatic nitrogens is 1. The van der Waals surface area contributed by atoms with Crippen molar-refractivity contribution in [3.8, 4) is 11.8 Å². The molecule has 6 nitrogen and oxygen atoms in total. The molecular formula is C17H19NO5S2. The van der Waals surface area contributed by atoms with Gasteiger partial charge in [0.25, 0.3) is 0 Å². The highest BCUT2D eigenvalue weighted by molar-refractivity contribution is 8.18. The van der Waals surface area contributed by atoms with Crippen LogP contribution in [0.2, 0.25) is 0 Å². The molecule has 1 aromatic heterocycles.